The van der Waals surface area contributed by atoms with Crippen LogP contribution >= 0.6 is 0 Å². The van der Waals surface area contributed by atoms with E-state index in [0.717, 1.165) is 0 Å². The van der Waals surface area contributed by atoms with Gasteiger partial charge in [-0.2, -0.15) is 0 Å². The Hall–Kier alpha value is 2.53. The van der Waals surface area contributed by atoms with Crippen LogP contribution in [0.15, 0.2) is 0 Å². The van der Waals surface area contributed by atoms with Crippen molar-refractivity contribution in [2.75, 3.05) is 0 Å². The summed E-state index contributed by atoms with van der Waals surface area (Å²) in [6, 6.07) is 0. The van der Waals surface area contributed by atoms with E-state index < -0.39 is 72.7 Å². The number of carboxylic acid groups (broad SMARTS) is 6. The Morgan fingerprint density at radius 3 is 0.700 bits per heavy atom. The second-order valence-corrected chi connectivity index (χ2v) is 4.83. The molecule has 150 valence electrons. The maximum atomic E-state index is 10.1. The topological polar surface area (TPSA) is 281 Å². The van der Waals surface area contributed by atoms with Crippen molar-refractivity contribution < 1.29 is 224 Å². The molecule has 2 radical (unpaired) electrons. The SMILES string of the molecule is O=C([O-])CC(O)(CC(=O)[O-])C(=O)[O-].O=C([O-])CC(O)(CC(=O)[O-])C(=O)[O-].[Bi+3].[K+].[K+].[K+]. The first-order valence-corrected chi connectivity index (χ1v) is 6.23. The van der Waals surface area contributed by atoms with E-state index in [1.807, 2.05) is 0 Å². The van der Waals surface area contributed by atoms with Crippen LogP contribution in [0.5, 0.6) is 0 Å². The van der Waals surface area contributed by atoms with Crippen molar-refractivity contribution >= 4 is 62.0 Å². The van der Waals surface area contributed by atoms with Crippen LogP contribution in [0.4, 0.5) is 0 Å². The number of carboxylic acids is 6. The van der Waals surface area contributed by atoms with Gasteiger partial charge in [0.15, 0.2) is 0 Å². The Kier molecular flexibility index (Phi) is 33.7. The molecule has 18 heteroatoms. The Morgan fingerprint density at radius 2 is 0.633 bits per heavy atom. The molecular formula is C12H10BiK3O14. The second-order valence-electron chi connectivity index (χ2n) is 4.83. The molecule has 0 aliphatic carbocycles. The van der Waals surface area contributed by atoms with E-state index in [2.05, 4.69) is 0 Å². The summed E-state index contributed by atoms with van der Waals surface area (Å²) in [5.74, 6) is -12.0. The fraction of sp³-hybridized carbons (Fsp3) is 0.500. The van der Waals surface area contributed by atoms with Crippen LogP contribution < -0.4 is 185 Å². The normalized spacial score (nSPS) is 9.40. The molecule has 0 atom stereocenters. The van der Waals surface area contributed by atoms with Crippen molar-refractivity contribution in [2.24, 2.45) is 0 Å². The molecule has 0 amide bonds. The molecule has 0 spiro atoms. The van der Waals surface area contributed by atoms with E-state index in [1.54, 1.807) is 0 Å². The number of hydrogen-bond acceptors (Lipinski definition) is 14. The zero-order valence-electron chi connectivity index (χ0n) is 16.1. The Bertz CT molecular complexity index is 527. The number of aliphatic hydroxyl groups is 2. The zero-order chi connectivity index (χ0) is 21.3. The third-order valence-electron chi connectivity index (χ3n) is 2.51. The third-order valence-corrected chi connectivity index (χ3v) is 2.51. The first-order valence-electron chi connectivity index (χ1n) is 6.23. The van der Waals surface area contributed by atoms with Gasteiger partial charge in [0, 0.05) is 49.6 Å². The molecule has 14 nitrogen and oxygen atoms in total. The summed E-state index contributed by atoms with van der Waals surface area (Å²) in [5, 5.41) is 77.9. The van der Waals surface area contributed by atoms with E-state index in [0.29, 0.717) is 0 Å². The molecule has 0 aromatic carbocycles. The van der Waals surface area contributed by atoms with Crippen LogP contribution in [-0.2, 0) is 28.8 Å². The van der Waals surface area contributed by atoms with Crippen LogP contribution in [0.3, 0.4) is 0 Å². The van der Waals surface area contributed by atoms with Gasteiger partial charge in [-0.3, -0.25) is 0 Å². The summed E-state index contributed by atoms with van der Waals surface area (Å²) in [4.78, 5) is 60.0. The minimum absolute atomic E-state index is 0. The van der Waals surface area contributed by atoms with Gasteiger partial charge in [0.1, 0.15) is 11.2 Å². The van der Waals surface area contributed by atoms with Gasteiger partial charge in [0.25, 0.3) is 0 Å². The predicted octanol–water partition coefficient (Wildman–Crippen LogP) is -19.9. The van der Waals surface area contributed by atoms with Gasteiger partial charge in [-0.1, -0.05) is 0 Å². The van der Waals surface area contributed by atoms with Crippen molar-refractivity contribution in [2.45, 2.75) is 36.9 Å². The van der Waals surface area contributed by atoms with Crippen LogP contribution in [-0.4, -0.2) is 83.4 Å². The average molecular weight is 704 g/mol. The summed E-state index contributed by atoms with van der Waals surface area (Å²) in [5.41, 5.74) is -5.95. The summed E-state index contributed by atoms with van der Waals surface area (Å²) in [6.07, 6.45) is -5.43. The van der Waals surface area contributed by atoms with Crippen molar-refractivity contribution in [3.05, 3.63) is 0 Å². The molecule has 0 saturated heterocycles. The second kappa shape index (κ2) is 22.0. The van der Waals surface area contributed by atoms with Gasteiger partial charge in [0.2, 0.25) is 0 Å². The molecule has 2 N–H and O–H groups in total. The van der Waals surface area contributed by atoms with Crippen molar-refractivity contribution in [1.82, 2.24) is 0 Å². The number of carbonyl (C=O) groups is 6. The molecule has 0 heterocycles. The molecule has 0 bridgehead atoms. The quantitative estimate of drug-likeness (QED) is 0.200. The molecule has 0 fully saturated rings. The summed E-state index contributed by atoms with van der Waals surface area (Å²) in [6.45, 7) is 0. The molecule has 0 unspecified atom stereocenters. The van der Waals surface area contributed by atoms with E-state index in [9.17, 15) is 59.4 Å². The average Bonchev–Trinajstić information content (AvgIpc) is 2.34. The van der Waals surface area contributed by atoms with Gasteiger partial charge >= 0.3 is 180 Å². The fourth-order valence-corrected chi connectivity index (χ4v) is 1.37. The molecule has 0 rings (SSSR count). The Morgan fingerprint density at radius 1 is 0.500 bits per heavy atom. The standard InChI is InChI=1S/2C6H8O7.Bi.3K/c2*7-3(8)1-6(13,5(11)12)2-4(9)10;;;;/h2*13H,1-2H2,(H,7,8)(H,9,10)(H,11,12);;;;/q;;+3;3*+1/p-6. The van der Waals surface area contributed by atoms with Gasteiger partial charge in [-0.25, -0.2) is 0 Å². The minimum Gasteiger partial charge on any atom is -0.550 e. The smallest absolute Gasteiger partial charge is 0.550 e. The predicted molar refractivity (Wildman–Crippen MR) is 64.2 cm³/mol. The van der Waals surface area contributed by atoms with Gasteiger partial charge in [-0.15, -0.1) is 0 Å². The first-order chi connectivity index (χ1) is 11.6. The van der Waals surface area contributed by atoms with Crippen molar-refractivity contribution in [3.63, 3.8) is 0 Å². The van der Waals surface area contributed by atoms with Crippen molar-refractivity contribution in [1.29, 1.82) is 0 Å². The molecule has 30 heavy (non-hydrogen) atoms. The monoisotopic (exact) mass is 704 g/mol. The molecule has 0 aromatic heterocycles. The molecular weight excluding hydrogens is 694 g/mol. The summed E-state index contributed by atoms with van der Waals surface area (Å²) in [7, 11) is 0. The van der Waals surface area contributed by atoms with E-state index in [4.69, 9.17) is 10.2 Å². The molecule has 0 aliphatic rings. The summed E-state index contributed by atoms with van der Waals surface area (Å²) >= 11 is 0. The zero-order valence-corrected chi connectivity index (χ0v) is 28.9. The number of hydrogen-bond donors (Lipinski definition) is 2. The van der Waals surface area contributed by atoms with Crippen LogP contribution in [0, 0.1) is 0 Å². The van der Waals surface area contributed by atoms with Gasteiger partial charge < -0.3 is 69.6 Å². The molecule has 0 saturated carbocycles. The number of carbonyl (C=O) groups excluding carboxylic acids is 6. The fourth-order valence-electron chi connectivity index (χ4n) is 1.37. The molecule has 0 aromatic rings. The first kappa shape index (κ1) is 45.9. The van der Waals surface area contributed by atoms with Crippen LogP contribution in [0.1, 0.15) is 25.7 Å². The van der Waals surface area contributed by atoms with Gasteiger partial charge in [-0.05, 0) is 0 Å². The molecule has 0 aliphatic heterocycles. The van der Waals surface area contributed by atoms with Crippen molar-refractivity contribution in [3.8, 4) is 0 Å². The van der Waals surface area contributed by atoms with Gasteiger partial charge in [0.05, 0.1) is 11.9 Å². The van der Waals surface area contributed by atoms with E-state index >= 15 is 0 Å². The van der Waals surface area contributed by atoms with Crippen LogP contribution in [0.25, 0.3) is 0 Å². The van der Waals surface area contributed by atoms with E-state index in [1.165, 1.54) is 0 Å². The number of rotatable bonds is 10. The van der Waals surface area contributed by atoms with Crippen LogP contribution in [0.2, 0.25) is 0 Å². The largest absolute Gasteiger partial charge is 3.00 e. The summed E-state index contributed by atoms with van der Waals surface area (Å²) < 4.78 is 0. The minimum atomic E-state index is -2.97. The Labute approximate surface area is 315 Å². The third kappa shape index (κ3) is 22.3. The maximum Gasteiger partial charge on any atom is 3.00 e. The maximum absolute atomic E-state index is 10.1. The Balaban J connectivity index is -0.0000000847. The van der Waals surface area contributed by atoms with E-state index in [-0.39, 0.29) is 180 Å². The number of aliphatic carboxylic acids is 6.